The third-order valence-electron chi connectivity index (χ3n) is 12.7. The van der Waals surface area contributed by atoms with E-state index < -0.39 is 16.1 Å². The second-order valence-corrected chi connectivity index (χ2v) is 32.9. The molecule has 4 nitrogen and oxygen atoms in total. The number of aromatic nitrogens is 4. The molecule has 0 saturated heterocycles. The standard InChI is InChI=1S/2C21H20NSSi.2C12H10N.2Ir/c1-14-11-12-22-17(13-14)15-7-5-8-16-20-18(23-21(15)16)9-6-10-19(20)24(2,3)4;1-14-11-12-22-17(13-14)15-9-10-19(24(2,3)4)20-16-7-5-6-8-18(16)23-21(15)20;2*1-10-7-8-12(13-9-10)11-5-3-2-4-6-11;;/h5-6,8-13H,1-4H3;5-8,10-13H,1-4H3;2*2-5,7-9H,1H3;;/q4*-1;;. The summed E-state index contributed by atoms with van der Waals surface area (Å²) in [6, 6.07) is 67.6. The minimum Gasteiger partial charge on any atom is -0.305 e. The molecule has 0 N–H and O–H groups in total. The number of rotatable bonds is 6. The van der Waals surface area contributed by atoms with Crippen LogP contribution in [0.15, 0.2) is 183 Å². The van der Waals surface area contributed by atoms with Gasteiger partial charge in [0.15, 0.2) is 0 Å². The number of aryl methyl sites for hydroxylation is 4. The molecule has 0 unspecified atom stereocenters. The summed E-state index contributed by atoms with van der Waals surface area (Å²) in [5.74, 6) is 0. The van der Waals surface area contributed by atoms with Crippen LogP contribution in [0.5, 0.6) is 0 Å². The molecule has 0 aliphatic heterocycles. The van der Waals surface area contributed by atoms with Crippen LogP contribution in [0.1, 0.15) is 22.3 Å². The van der Waals surface area contributed by atoms with E-state index in [2.05, 4.69) is 182 Å². The van der Waals surface area contributed by atoms with Crippen LogP contribution in [0.3, 0.4) is 0 Å². The van der Waals surface area contributed by atoms with Gasteiger partial charge in [0.05, 0.1) is 8.07 Å². The summed E-state index contributed by atoms with van der Waals surface area (Å²) < 4.78 is 5.35. The van der Waals surface area contributed by atoms with E-state index in [9.17, 15) is 0 Å². The zero-order valence-electron chi connectivity index (χ0n) is 44.6. The van der Waals surface area contributed by atoms with Gasteiger partial charge in [0, 0.05) is 82.5 Å². The Balaban J connectivity index is 0.000000152. The molecule has 76 heavy (non-hydrogen) atoms. The van der Waals surface area contributed by atoms with Crippen LogP contribution in [0, 0.1) is 52.0 Å². The van der Waals surface area contributed by atoms with Gasteiger partial charge in [-0.25, -0.2) is 0 Å². The largest absolute Gasteiger partial charge is 0.305 e. The Morgan fingerprint density at radius 3 is 1.43 bits per heavy atom. The Bertz CT molecular complexity index is 3770. The Kier molecular flexibility index (Phi) is 19.4. The Morgan fingerprint density at radius 1 is 0.395 bits per heavy atom. The molecule has 0 bridgehead atoms. The van der Waals surface area contributed by atoms with Gasteiger partial charge in [0.1, 0.15) is 0 Å². The molecule has 10 heteroatoms. The van der Waals surface area contributed by atoms with E-state index in [1.54, 1.807) is 5.19 Å². The zero-order valence-corrected chi connectivity index (χ0v) is 53.0. The fourth-order valence-electron chi connectivity index (χ4n) is 8.86. The van der Waals surface area contributed by atoms with Crippen LogP contribution < -0.4 is 10.4 Å². The molecule has 12 aromatic rings. The Hall–Kier alpha value is -5.91. The zero-order chi connectivity index (χ0) is 52.0. The summed E-state index contributed by atoms with van der Waals surface area (Å²) in [5, 5.41) is 8.63. The van der Waals surface area contributed by atoms with E-state index in [-0.39, 0.29) is 40.2 Å². The second-order valence-electron chi connectivity index (χ2n) is 20.7. The number of hydrogen-bond acceptors (Lipinski definition) is 6. The molecule has 0 amide bonds. The van der Waals surface area contributed by atoms with Crippen molar-refractivity contribution >= 4 is 89.5 Å². The molecule has 0 spiro atoms. The van der Waals surface area contributed by atoms with Crippen LogP contribution in [0.2, 0.25) is 39.3 Å². The fraction of sp³-hybridized carbons (Fsp3) is 0.152. The van der Waals surface area contributed by atoms with Crippen molar-refractivity contribution in [3.63, 3.8) is 0 Å². The first kappa shape index (κ1) is 57.8. The SMILES string of the molecule is Cc1ccc(-c2[c-]cccc2)nc1.Cc1ccc(-c2[c-]cccc2)nc1.Cc1ccnc(-c2[c-]cc([Si](C)(C)C)c3c2sc2ccccc23)c1.Cc1ccnc(-c2[c-]ccc3c2sc2cccc([Si](C)(C)C)c23)c1.[Ir].[Ir]. The van der Waals surface area contributed by atoms with Crippen LogP contribution in [0.4, 0.5) is 0 Å². The smallest absolute Gasteiger partial charge is 0.0783 e. The molecule has 12 rings (SSSR count). The third-order valence-corrected chi connectivity index (χ3v) is 19.1. The molecule has 0 atom stereocenters. The first-order chi connectivity index (χ1) is 35.6. The maximum atomic E-state index is 4.61. The normalized spacial score (nSPS) is 11.1. The van der Waals surface area contributed by atoms with E-state index in [1.165, 1.54) is 67.8 Å². The van der Waals surface area contributed by atoms with Crippen LogP contribution in [-0.4, -0.2) is 36.1 Å². The number of thiophene rings is 2. The maximum absolute atomic E-state index is 4.61. The van der Waals surface area contributed by atoms with Gasteiger partial charge in [-0.15, -0.1) is 118 Å². The molecule has 0 aliphatic rings. The van der Waals surface area contributed by atoms with Gasteiger partial charge in [-0.1, -0.05) is 133 Å². The van der Waals surface area contributed by atoms with Gasteiger partial charge in [0.25, 0.3) is 0 Å². The van der Waals surface area contributed by atoms with E-state index in [4.69, 9.17) is 0 Å². The van der Waals surface area contributed by atoms with Gasteiger partial charge in [-0.3, -0.25) is 0 Å². The van der Waals surface area contributed by atoms with Crippen molar-refractivity contribution in [2.24, 2.45) is 0 Å². The summed E-state index contributed by atoms with van der Waals surface area (Å²) in [4.78, 5) is 17.8. The number of pyridine rings is 4. The minimum atomic E-state index is -1.46. The van der Waals surface area contributed by atoms with Crippen molar-refractivity contribution in [2.45, 2.75) is 67.0 Å². The minimum absolute atomic E-state index is 0. The molecule has 0 fully saturated rings. The number of nitrogens with zero attached hydrogens (tertiary/aromatic N) is 4. The van der Waals surface area contributed by atoms with Gasteiger partial charge in [0.2, 0.25) is 0 Å². The maximum Gasteiger partial charge on any atom is 0.0783 e. The molecule has 6 aromatic heterocycles. The molecule has 2 radical (unpaired) electrons. The summed E-state index contributed by atoms with van der Waals surface area (Å²) in [6.07, 6.45) is 7.52. The van der Waals surface area contributed by atoms with E-state index in [1.807, 2.05) is 134 Å². The fourth-order valence-corrected chi connectivity index (χ4v) is 14.6. The first-order valence-corrected chi connectivity index (χ1v) is 33.6. The average Bonchev–Trinajstić information content (AvgIpc) is 4.00. The quantitative estimate of drug-likeness (QED) is 0.123. The number of fused-ring (bicyclic) bond motifs is 6. The van der Waals surface area contributed by atoms with Crippen LogP contribution in [0.25, 0.3) is 85.4 Å². The van der Waals surface area contributed by atoms with E-state index >= 15 is 0 Å². The topological polar surface area (TPSA) is 51.6 Å². The van der Waals surface area contributed by atoms with Crippen molar-refractivity contribution in [1.29, 1.82) is 0 Å². The molecule has 0 aliphatic carbocycles. The summed E-state index contributed by atoms with van der Waals surface area (Å²) in [7, 11) is -2.86. The molecule has 6 heterocycles. The van der Waals surface area contributed by atoms with Crippen molar-refractivity contribution in [3.8, 4) is 45.0 Å². The number of benzene rings is 6. The van der Waals surface area contributed by atoms with Crippen LogP contribution >= 0.6 is 22.7 Å². The van der Waals surface area contributed by atoms with E-state index in [0.29, 0.717) is 0 Å². The summed E-state index contributed by atoms with van der Waals surface area (Å²) >= 11 is 3.74. The van der Waals surface area contributed by atoms with Gasteiger partial charge < -0.3 is 19.9 Å². The predicted octanol–water partition coefficient (Wildman–Crippen LogP) is 17.3. The summed E-state index contributed by atoms with van der Waals surface area (Å²) in [6.45, 7) is 22.8. The second kappa shape index (κ2) is 25.5. The van der Waals surface area contributed by atoms with Crippen molar-refractivity contribution in [3.05, 3.63) is 229 Å². The van der Waals surface area contributed by atoms with Crippen molar-refractivity contribution in [1.82, 2.24) is 19.9 Å². The first-order valence-electron chi connectivity index (χ1n) is 25.0. The Labute approximate surface area is 486 Å². The monoisotopic (exact) mass is 1410 g/mol. The molecular formula is C66H60Ir2N4S2Si2-4. The van der Waals surface area contributed by atoms with Gasteiger partial charge in [-0.05, 0) is 106 Å². The average molecular weight is 1410 g/mol. The third kappa shape index (κ3) is 13.6. The molecule has 386 valence electrons. The predicted molar refractivity (Wildman–Crippen MR) is 325 cm³/mol. The molecule has 0 saturated carbocycles. The van der Waals surface area contributed by atoms with Crippen LogP contribution in [-0.2, 0) is 40.2 Å². The molecule has 6 aromatic carbocycles. The molecular weight excluding hydrogens is 1350 g/mol. The van der Waals surface area contributed by atoms with Gasteiger partial charge in [-0.2, -0.15) is 22.7 Å². The van der Waals surface area contributed by atoms with E-state index in [0.717, 1.165) is 45.0 Å². The van der Waals surface area contributed by atoms with Crippen molar-refractivity contribution < 1.29 is 40.2 Å². The Morgan fingerprint density at radius 2 is 0.921 bits per heavy atom. The van der Waals surface area contributed by atoms with Crippen molar-refractivity contribution in [2.75, 3.05) is 0 Å². The number of hydrogen-bond donors (Lipinski definition) is 0. The van der Waals surface area contributed by atoms with Gasteiger partial charge >= 0.3 is 0 Å². The summed E-state index contributed by atoms with van der Waals surface area (Å²) in [5.41, 5.74) is 13.2.